The molecule has 4 heteroatoms. The molecule has 0 bridgehead atoms. The van der Waals surface area contributed by atoms with Crippen LogP contribution in [-0.4, -0.2) is 24.2 Å². The Kier molecular flexibility index (Phi) is 4.66. The van der Waals surface area contributed by atoms with Gasteiger partial charge in [0.05, 0.1) is 0 Å². The van der Waals surface area contributed by atoms with Gasteiger partial charge in [-0.05, 0) is 25.7 Å². The highest BCUT2D eigenvalue weighted by molar-refractivity contribution is 5.74. The Hall–Kier alpha value is -0.770. The molecule has 0 heterocycles. The number of hydrogen-bond acceptors (Lipinski definition) is 2. The second-order valence-electron chi connectivity index (χ2n) is 5.51. The van der Waals surface area contributed by atoms with Gasteiger partial charge < -0.3 is 16.4 Å². The molecule has 0 aromatic rings. The van der Waals surface area contributed by atoms with Crippen molar-refractivity contribution in [1.82, 2.24) is 10.6 Å². The SMILES string of the molecule is NC1CCCCCC1NC(=O)NC1CCCC1. The largest absolute Gasteiger partial charge is 0.335 e. The summed E-state index contributed by atoms with van der Waals surface area (Å²) in [6, 6.07) is 0.669. The maximum Gasteiger partial charge on any atom is 0.315 e. The van der Waals surface area contributed by atoms with Crippen LogP contribution in [-0.2, 0) is 0 Å². The number of nitrogens with one attached hydrogen (secondary N) is 2. The van der Waals surface area contributed by atoms with Crippen molar-refractivity contribution in [2.24, 2.45) is 5.73 Å². The molecule has 2 atom stereocenters. The third-order valence-corrected chi connectivity index (χ3v) is 4.08. The molecule has 2 unspecified atom stereocenters. The van der Waals surface area contributed by atoms with E-state index >= 15 is 0 Å². The number of amides is 2. The molecule has 4 N–H and O–H groups in total. The van der Waals surface area contributed by atoms with Gasteiger partial charge in [0, 0.05) is 18.1 Å². The minimum Gasteiger partial charge on any atom is -0.335 e. The van der Waals surface area contributed by atoms with Crippen molar-refractivity contribution in [2.75, 3.05) is 0 Å². The summed E-state index contributed by atoms with van der Waals surface area (Å²) >= 11 is 0. The van der Waals surface area contributed by atoms with Crippen LogP contribution in [0.5, 0.6) is 0 Å². The molecule has 2 aliphatic carbocycles. The lowest BCUT2D eigenvalue weighted by molar-refractivity contribution is 0.230. The summed E-state index contributed by atoms with van der Waals surface area (Å²) in [6.45, 7) is 0. The van der Waals surface area contributed by atoms with Crippen LogP contribution in [0.15, 0.2) is 0 Å². The van der Waals surface area contributed by atoms with E-state index in [1.807, 2.05) is 0 Å². The molecule has 4 nitrogen and oxygen atoms in total. The molecule has 0 radical (unpaired) electrons. The molecule has 2 fully saturated rings. The standard InChI is InChI=1S/C13H25N3O/c14-11-8-2-1-3-9-12(11)16-13(17)15-10-6-4-5-7-10/h10-12H,1-9,14H2,(H2,15,16,17). The van der Waals surface area contributed by atoms with Gasteiger partial charge in [-0.1, -0.05) is 32.1 Å². The monoisotopic (exact) mass is 239 g/mol. The van der Waals surface area contributed by atoms with Crippen LogP contribution < -0.4 is 16.4 Å². The number of hydrogen-bond donors (Lipinski definition) is 3. The first-order valence-corrected chi connectivity index (χ1v) is 7.08. The van der Waals surface area contributed by atoms with E-state index in [4.69, 9.17) is 5.73 Å². The molecule has 0 aromatic heterocycles. The molecular weight excluding hydrogens is 214 g/mol. The van der Waals surface area contributed by atoms with Crippen LogP contribution in [0.1, 0.15) is 57.8 Å². The van der Waals surface area contributed by atoms with Crippen molar-refractivity contribution >= 4 is 6.03 Å². The van der Waals surface area contributed by atoms with Crippen LogP contribution in [0.3, 0.4) is 0 Å². The Morgan fingerprint density at radius 2 is 1.53 bits per heavy atom. The molecule has 0 aromatic carbocycles. The van der Waals surface area contributed by atoms with Gasteiger partial charge in [0.1, 0.15) is 0 Å². The summed E-state index contributed by atoms with van der Waals surface area (Å²) in [5.74, 6) is 0. The fourth-order valence-corrected chi connectivity index (χ4v) is 2.98. The summed E-state index contributed by atoms with van der Waals surface area (Å²) in [7, 11) is 0. The fourth-order valence-electron chi connectivity index (χ4n) is 2.98. The molecule has 0 spiro atoms. The van der Waals surface area contributed by atoms with Gasteiger partial charge in [-0.15, -0.1) is 0 Å². The molecular formula is C13H25N3O. The van der Waals surface area contributed by atoms with Gasteiger partial charge in [0.25, 0.3) is 0 Å². The molecule has 2 rings (SSSR count). The second kappa shape index (κ2) is 6.24. The lowest BCUT2D eigenvalue weighted by Crippen LogP contribution is -2.51. The van der Waals surface area contributed by atoms with Crippen molar-refractivity contribution < 1.29 is 4.79 Å². The van der Waals surface area contributed by atoms with Gasteiger partial charge in [-0.3, -0.25) is 0 Å². The smallest absolute Gasteiger partial charge is 0.315 e. The maximum absolute atomic E-state index is 11.8. The van der Waals surface area contributed by atoms with E-state index in [-0.39, 0.29) is 18.1 Å². The van der Waals surface area contributed by atoms with Crippen LogP contribution in [0.4, 0.5) is 4.79 Å². The molecule has 2 aliphatic rings. The van der Waals surface area contributed by atoms with Gasteiger partial charge in [-0.25, -0.2) is 4.79 Å². The summed E-state index contributed by atoms with van der Waals surface area (Å²) < 4.78 is 0. The lowest BCUT2D eigenvalue weighted by atomic mass is 10.0. The number of urea groups is 1. The van der Waals surface area contributed by atoms with Crippen LogP contribution in [0, 0.1) is 0 Å². The van der Waals surface area contributed by atoms with Gasteiger partial charge in [-0.2, -0.15) is 0 Å². The zero-order valence-electron chi connectivity index (χ0n) is 10.6. The van der Waals surface area contributed by atoms with E-state index in [2.05, 4.69) is 10.6 Å². The molecule has 2 amide bonds. The number of carbonyl (C=O) groups excluding carboxylic acids is 1. The molecule has 98 valence electrons. The van der Waals surface area contributed by atoms with Gasteiger partial charge in [0.15, 0.2) is 0 Å². The number of nitrogens with two attached hydrogens (primary N) is 1. The molecule has 2 saturated carbocycles. The maximum atomic E-state index is 11.8. The third-order valence-electron chi connectivity index (χ3n) is 4.08. The summed E-state index contributed by atoms with van der Waals surface area (Å²) in [6.07, 6.45) is 10.4. The van der Waals surface area contributed by atoms with Crippen molar-refractivity contribution in [2.45, 2.75) is 75.9 Å². The van der Waals surface area contributed by atoms with Crippen molar-refractivity contribution in [1.29, 1.82) is 0 Å². The minimum atomic E-state index is -0.0146. The van der Waals surface area contributed by atoms with Crippen LogP contribution in [0.2, 0.25) is 0 Å². The normalized spacial score (nSPS) is 30.9. The van der Waals surface area contributed by atoms with E-state index in [1.165, 1.54) is 32.1 Å². The van der Waals surface area contributed by atoms with Gasteiger partial charge >= 0.3 is 6.03 Å². The minimum absolute atomic E-state index is 0.0146. The summed E-state index contributed by atoms with van der Waals surface area (Å²) in [5.41, 5.74) is 6.09. The predicted octanol–water partition coefficient (Wildman–Crippen LogP) is 1.89. The first-order valence-electron chi connectivity index (χ1n) is 7.08. The van der Waals surface area contributed by atoms with Crippen molar-refractivity contribution in [3.05, 3.63) is 0 Å². The van der Waals surface area contributed by atoms with Crippen molar-refractivity contribution in [3.63, 3.8) is 0 Å². The van der Waals surface area contributed by atoms with Crippen molar-refractivity contribution in [3.8, 4) is 0 Å². The summed E-state index contributed by atoms with van der Waals surface area (Å²) in [5, 5.41) is 6.12. The third kappa shape index (κ3) is 3.87. The highest BCUT2D eigenvalue weighted by Gasteiger charge is 2.23. The summed E-state index contributed by atoms with van der Waals surface area (Å²) in [4.78, 5) is 11.8. The zero-order chi connectivity index (χ0) is 12.1. The number of rotatable bonds is 2. The zero-order valence-corrected chi connectivity index (χ0v) is 10.6. The number of carbonyl (C=O) groups is 1. The molecule has 0 saturated heterocycles. The average Bonchev–Trinajstić information content (AvgIpc) is 2.71. The first kappa shape index (κ1) is 12.7. The fraction of sp³-hybridized carbons (Fsp3) is 0.923. The quantitative estimate of drug-likeness (QED) is 0.644. The van der Waals surface area contributed by atoms with Gasteiger partial charge in [0.2, 0.25) is 0 Å². The lowest BCUT2D eigenvalue weighted by Gasteiger charge is -2.24. The Morgan fingerprint density at radius 1 is 0.882 bits per heavy atom. The average molecular weight is 239 g/mol. The van der Waals surface area contributed by atoms with E-state index in [1.54, 1.807) is 0 Å². The Labute approximate surface area is 104 Å². The topological polar surface area (TPSA) is 67.1 Å². The Bertz CT molecular complexity index is 251. The van der Waals surface area contributed by atoms with E-state index < -0.39 is 0 Å². The van der Waals surface area contributed by atoms with Crippen LogP contribution in [0.25, 0.3) is 0 Å². The molecule has 0 aliphatic heterocycles. The Morgan fingerprint density at radius 3 is 2.29 bits per heavy atom. The Balaban J connectivity index is 1.75. The highest BCUT2D eigenvalue weighted by Crippen LogP contribution is 2.18. The van der Waals surface area contributed by atoms with E-state index in [0.29, 0.717) is 6.04 Å². The van der Waals surface area contributed by atoms with E-state index in [9.17, 15) is 4.79 Å². The highest BCUT2D eigenvalue weighted by atomic mass is 16.2. The first-order chi connectivity index (χ1) is 8.25. The second-order valence-corrected chi connectivity index (χ2v) is 5.51. The molecule has 17 heavy (non-hydrogen) atoms. The van der Waals surface area contributed by atoms with E-state index in [0.717, 1.165) is 25.7 Å². The van der Waals surface area contributed by atoms with Crippen LogP contribution >= 0.6 is 0 Å². The predicted molar refractivity (Wildman–Crippen MR) is 68.8 cm³/mol.